The Labute approximate surface area is 224 Å². The SMILES string of the molecule is O=C(O)C(F)(F)F.O=C(O)C(F)(F)F.O=S1(=O)CCN(Cc2cccnc2)[C@H]2CCN(c3ccncn3)CC[C@H]21. The lowest BCUT2D eigenvalue weighted by Crippen LogP contribution is -2.54. The third-order valence-corrected chi connectivity index (χ3v) is 8.11. The molecule has 2 aromatic rings. The topological polar surface area (TPSA) is 154 Å². The smallest absolute Gasteiger partial charge is 0.475 e. The van der Waals surface area contributed by atoms with Crippen LogP contribution in [0.3, 0.4) is 0 Å². The summed E-state index contributed by atoms with van der Waals surface area (Å²) in [6.45, 7) is 2.85. The maximum atomic E-state index is 12.7. The Morgan fingerprint density at radius 1 is 0.925 bits per heavy atom. The molecule has 0 amide bonds. The number of fused-ring (bicyclic) bond motifs is 1. The normalized spacial score (nSPS) is 20.9. The largest absolute Gasteiger partial charge is 0.490 e. The van der Waals surface area contributed by atoms with E-state index in [-0.39, 0.29) is 17.0 Å². The third kappa shape index (κ3) is 9.89. The van der Waals surface area contributed by atoms with Crippen LogP contribution in [0.2, 0.25) is 0 Å². The summed E-state index contributed by atoms with van der Waals surface area (Å²) >= 11 is 0. The lowest BCUT2D eigenvalue weighted by atomic mass is 10.1. The van der Waals surface area contributed by atoms with Crippen molar-refractivity contribution < 1.29 is 54.6 Å². The van der Waals surface area contributed by atoms with Gasteiger partial charge in [0.2, 0.25) is 0 Å². The van der Waals surface area contributed by atoms with Gasteiger partial charge in [-0.15, -0.1) is 0 Å². The molecule has 0 bridgehead atoms. The van der Waals surface area contributed by atoms with Gasteiger partial charge >= 0.3 is 24.3 Å². The molecule has 4 heterocycles. The molecule has 2 aliphatic heterocycles. The molecule has 2 atom stereocenters. The van der Waals surface area contributed by atoms with Gasteiger partial charge in [0.15, 0.2) is 9.84 Å². The van der Waals surface area contributed by atoms with Crippen LogP contribution in [0.5, 0.6) is 0 Å². The average Bonchev–Trinajstić information content (AvgIpc) is 3.11. The van der Waals surface area contributed by atoms with Crippen molar-refractivity contribution in [2.24, 2.45) is 0 Å². The summed E-state index contributed by atoms with van der Waals surface area (Å²) in [5, 5.41) is 13.9. The highest BCUT2D eigenvalue weighted by Crippen LogP contribution is 2.30. The van der Waals surface area contributed by atoms with Crippen molar-refractivity contribution in [3.63, 3.8) is 0 Å². The first-order valence-electron chi connectivity index (χ1n) is 11.5. The second-order valence-corrected chi connectivity index (χ2v) is 10.9. The molecule has 11 nitrogen and oxygen atoms in total. The van der Waals surface area contributed by atoms with E-state index in [2.05, 4.69) is 30.8 Å². The van der Waals surface area contributed by atoms with E-state index in [1.165, 1.54) is 0 Å². The van der Waals surface area contributed by atoms with Crippen LogP contribution in [0, 0.1) is 0 Å². The number of aromatic nitrogens is 3. The first-order valence-corrected chi connectivity index (χ1v) is 13.2. The lowest BCUT2D eigenvalue weighted by Gasteiger charge is -2.40. The summed E-state index contributed by atoms with van der Waals surface area (Å²) in [5.41, 5.74) is 1.13. The van der Waals surface area contributed by atoms with E-state index < -0.39 is 34.1 Å². The molecule has 0 radical (unpaired) electrons. The highest BCUT2D eigenvalue weighted by Gasteiger charge is 2.43. The van der Waals surface area contributed by atoms with E-state index in [4.69, 9.17) is 19.8 Å². The maximum absolute atomic E-state index is 12.7. The molecule has 2 aliphatic rings. The number of aliphatic carboxylic acids is 2. The molecule has 0 saturated carbocycles. The Morgan fingerprint density at radius 2 is 1.52 bits per heavy atom. The Hall–Kier alpha value is -3.54. The number of rotatable bonds is 3. The number of nitrogens with zero attached hydrogens (tertiary/aromatic N) is 5. The molecule has 0 aromatic carbocycles. The number of alkyl halides is 6. The van der Waals surface area contributed by atoms with Gasteiger partial charge in [-0.3, -0.25) is 9.88 Å². The molecule has 2 N–H and O–H groups in total. The summed E-state index contributed by atoms with van der Waals surface area (Å²) in [5.74, 6) is -4.41. The van der Waals surface area contributed by atoms with Crippen LogP contribution in [0.15, 0.2) is 43.1 Å². The fourth-order valence-electron chi connectivity index (χ4n) is 4.08. The minimum Gasteiger partial charge on any atom is -0.475 e. The fraction of sp³-hybridized carbons (Fsp3) is 0.500. The summed E-state index contributed by atoms with van der Waals surface area (Å²) < 4.78 is 88.9. The van der Waals surface area contributed by atoms with E-state index in [0.29, 0.717) is 19.5 Å². The Bertz CT molecular complexity index is 1190. The van der Waals surface area contributed by atoms with E-state index in [0.717, 1.165) is 30.9 Å². The number of carboxylic acid groups (broad SMARTS) is 2. The van der Waals surface area contributed by atoms with Crippen LogP contribution in [-0.2, 0) is 26.0 Å². The number of anilines is 1. The average molecular weight is 602 g/mol. The zero-order chi connectivity index (χ0) is 30.1. The predicted octanol–water partition coefficient (Wildman–Crippen LogP) is 2.41. The number of halogens is 6. The van der Waals surface area contributed by atoms with Crippen molar-refractivity contribution in [3.05, 3.63) is 48.7 Å². The van der Waals surface area contributed by atoms with Crippen molar-refractivity contribution in [3.8, 4) is 0 Å². The Morgan fingerprint density at radius 3 is 2.02 bits per heavy atom. The monoisotopic (exact) mass is 601 g/mol. The molecule has 2 aromatic heterocycles. The molecular formula is C22H25F6N5O6S. The molecule has 2 saturated heterocycles. The minimum atomic E-state index is -5.08. The standard InChI is InChI=1S/C18H23N5O2S.2C2HF3O2/c24-26(25)11-10-23(13-15-2-1-6-19-12-15)16-4-8-22(9-5-17(16)26)18-3-7-20-14-21-18;2*3-2(4,5)1(6)7/h1-3,6-7,12,14,16-17H,4-5,8-11,13H2;2*(H,6,7)/t16-,17+;;/m0../s1. The van der Waals surface area contributed by atoms with Crippen LogP contribution < -0.4 is 4.90 Å². The van der Waals surface area contributed by atoms with Crippen LogP contribution in [-0.4, -0.2) is 99.5 Å². The van der Waals surface area contributed by atoms with Crippen LogP contribution in [0.4, 0.5) is 32.2 Å². The molecular weight excluding hydrogens is 576 g/mol. The maximum Gasteiger partial charge on any atom is 0.490 e. The van der Waals surface area contributed by atoms with Crippen molar-refractivity contribution in [1.29, 1.82) is 0 Å². The van der Waals surface area contributed by atoms with Crippen LogP contribution in [0.1, 0.15) is 18.4 Å². The van der Waals surface area contributed by atoms with Gasteiger partial charge in [-0.25, -0.2) is 28.0 Å². The predicted molar refractivity (Wildman–Crippen MR) is 127 cm³/mol. The van der Waals surface area contributed by atoms with Gasteiger partial charge in [-0.2, -0.15) is 26.3 Å². The van der Waals surface area contributed by atoms with Crippen LogP contribution in [0.25, 0.3) is 0 Å². The fourth-order valence-corrected chi connectivity index (χ4v) is 6.13. The Balaban J connectivity index is 0.000000333. The van der Waals surface area contributed by atoms with E-state index in [9.17, 15) is 34.8 Å². The van der Waals surface area contributed by atoms with Gasteiger partial charge in [0, 0.05) is 50.8 Å². The van der Waals surface area contributed by atoms with Crippen molar-refractivity contribution in [2.45, 2.75) is 43.0 Å². The van der Waals surface area contributed by atoms with Crippen molar-refractivity contribution >= 4 is 27.6 Å². The summed E-state index contributed by atoms with van der Waals surface area (Å²) in [6, 6.07) is 5.91. The minimum absolute atomic E-state index is 0.0424. The third-order valence-electron chi connectivity index (χ3n) is 5.88. The van der Waals surface area contributed by atoms with E-state index in [1.807, 2.05) is 18.3 Å². The van der Waals surface area contributed by atoms with Gasteiger partial charge in [0.05, 0.1) is 11.0 Å². The van der Waals surface area contributed by atoms with Gasteiger partial charge in [0.1, 0.15) is 12.1 Å². The van der Waals surface area contributed by atoms with Gasteiger partial charge < -0.3 is 15.1 Å². The molecule has 2 fully saturated rings. The van der Waals surface area contributed by atoms with E-state index in [1.54, 1.807) is 18.7 Å². The number of pyridine rings is 1. The number of hydrogen-bond donors (Lipinski definition) is 2. The highest BCUT2D eigenvalue weighted by atomic mass is 32.2. The number of hydrogen-bond acceptors (Lipinski definition) is 9. The molecule has 0 aliphatic carbocycles. The number of sulfone groups is 1. The first kappa shape index (κ1) is 32.7. The first-order chi connectivity index (χ1) is 18.5. The number of carboxylic acids is 2. The van der Waals surface area contributed by atoms with E-state index >= 15 is 0 Å². The van der Waals surface area contributed by atoms with Crippen molar-refractivity contribution in [2.75, 3.05) is 30.3 Å². The van der Waals surface area contributed by atoms with Gasteiger partial charge in [-0.1, -0.05) is 6.07 Å². The highest BCUT2D eigenvalue weighted by molar-refractivity contribution is 7.92. The summed E-state index contributed by atoms with van der Waals surface area (Å²) in [6.07, 6.45) is -1.82. The quantitative estimate of drug-likeness (QED) is 0.499. The summed E-state index contributed by atoms with van der Waals surface area (Å²) in [4.78, 5) is 34.8. The number of carbonyl (C=O) groups is 2. The van der Waals surface area contributed by atoms with Gasteiger partial charge in [0.25, 0.3) is 0 Å². The van der Waals surface area contributed by atoms with Gasteiger partial charge in [-0.05, 0) is 30.5 Å². The summed E-state index contributed by atoms with van der Waals surface area (Å²) in [7, 11) is -3.05. The molecule has 0 spiro atoms. The molecule has 4 rings (SSSR count). The van der Waals surface area contributed by atoms with Crippen molar-refractivity contribution in [1.82, 2.24) is 19.9 Å². The second-order valence-electron chi connectivity index (χ2n) is 8.54. The second kappa shape index (κ2) is 13.7. The lowest BCUT2D eigenvalue weighted by molar-refractivity contribution is -0.193. The molecule has 18 heteroatoms. The molecule has 40 heavy (non-hydrogen) atoms. The Kier molecular flexibility index (Phi) is 11.2. The zero-order valence-corrected chi connectivity index (χ0v) is 21.4. The zero-order valence-electron chi connectivity index (χ0n) is 20.6. The molecule has 0 unspecified atom stereocenters. The molecule has 222 valence electrons. The van der Waals surface area contributed by atoms with Crippen LogP contribution >= 0.6 is 0 Å².